The molecule has 0 bridgehead atoms. The van der Waals surface area contributed by atoms with Crippen LogP contribution < -0.4 is 5.32 Å². The monoisotopic (exact) mass is 138 g/mol. The topological polar surface area (TPSA) is 42.7 Å². The molecule has 54 valence electrons. The summed E-state index contributed by atoms with van der Waals surface area (Å²) in [6.07, 6.45) is 1.76. The Morgan fingerprint density at radius 2 is 2.70 bits per heavy atom. The van der Waals surface area contributed by atoms with Gasteiger partial charge in [-0.3, -0.25) is 4.57 Å². The summed E-state index contributed by atoms with van der Waals surface area (Å²) < 4.78 is 2.04. The third-order valence-electron chi connectivity index (χ3n) is 1.73. The molecule has 1 aromatic heterocycles. The largest absolute Gasteiger partial charge is 0.354 e. The SMILES string of the molecule is CC1CNc2nncn2C1. The second-order valence-electron chi connectivity index (χ2n) is 2.79. The van der Waals surface area contributed by atoms with Gasteiger partial charge in [0.05, 0.1) is 0 Å². The number of rotatable bonds is 0. The van der Waals surface area contributed by atoms with Crippen molar-refractivity contribution >= 4 is 5.95 Å². The van der Waals surface area contributed by atoms with E-state index in [2.05, 4.69) is 22.4 Å². The quantitative estimate of drug-likeness (QED) is 0.562. The molecule has 1 aliphatic heterocycles. The zero-order valence-electron chi connectivity index (χ0n) is 5.91. The van der Waals surface area contributed by atoms with Crippen LogP contribution in [0.15, 0.2) is 6.33 Å². The van der Waals surface area contributed by atoms with Crippen molar-refractivity contribution in [2.45, 2.75) is 13.5 Å². The van der Waals surface area contributed by atoms with E-state index in [4.69, 9.17) is 0 Å². The first kappa shape index (κ1) is 5.70. The standard InChI is InChI=1S/C6H10N4/c1-5-2-7-6-9-8-4-10(6)3-5/h4-5H,2-3H2,1H3,(H,7,9). The molecule has 0 spiro atoms. The van der Waals surface area contributed by atoms with E-state index in [1.165, 1.54) is 0 Å². The molecule has 0 aliphatic carbocycles. The molecule has 2 heterocycles. The van der Waals surface area contributed by atoms with Gasteiger partial charge in [-0.05, 0) is 5.92 Å². The summed E-state index contributed by atoms with van der Waals surface area (Å²) in [7, 11) is 0. The highest BCUT2D eigenvalue weighted by Crippen LogP contribution is 2.12. The van der Waals surface area contributed by atoms with E-state index in [1.807, 2.05) is 4.57 Å². The Morgan fingerprint density at radius 1 is 1.80 bits per heavy atom. The summed E-state index contributed by atoms with van der Waals surface area (Å²) in [5, 5.41) is 10.9. The lowest BCUT2D eigenvalue weighted by Gasteiger charge is -2.20. The van der Waals surface area contributed by atoms with E-state index in [0.29, 0.717) is 5.92 Å². The van der Waals surface area contributed by atoms with Crippen LogP contribution in [0.4, 0.5) is 5.95 Å². The van der Waals surface area contributed by atoms with Gasteiger partial charge in [0.25, 0.3) is 0 Å². The lowest BCUT2D eigenvalue weighted by atomic mass is 10.1. The van der Waals surface area contributed by atoms with Crippen LogP contribution in [-0.4, -0.2) is 21.3 Å². The van der Waals surface area contributed by atoms with Gasteiger partial charge < -0.3 is 5.32 Å². The number of nitrogens with zero attached hydrogens (tertiary/aromatic N) is 3. The fourth-order valence-electron chi connectivity index (χ4n) is 1.19. The predicted molar refractivity (Wildman–Crippen MR) is 37.7 cm³/mol. The zero-order valence-corrected chi connectivity index (χ0v) is 5.91. The van der Waals surface area contributed by atoms with Crippen molar-refractivity contribution in [1.29, 1.82) is 0 Å². The lowest BCUT2D eigenvalue weighted by molar-refractivity contribution is 0.477. The fraction of sp³-hybridized carbons (Fsp3) is 0.667. The van der Waals surface area contributed by atoms with E-state index in [1.54, 1.807) is 6.33 Å². The van der Waals surface area contributed by atoms with E-state index < -0.39 is 0 Å². The van der Waals surface area contributed by atoms with Crippen molar-refractivity contribution in [2.24, 2.45) is 5.92 Å². The third kappa shape index (κ3) is 0.761. The minimum Gasteiger partial charge on any atom is -0.354 e. The van der Waals surface area contributed by atoms with Crippen molar-refractivity contribution < 1.29 is 0 Å². The number of hydrogen-bond acceptors (Lipinski definition) is 3. The molecule has 0 saturated carbocycles. The summed E-state index contributed by atoms with van der Waals surface area (Å²) in [4.78, 5) is 0. The van der Waals surface area contributed by atoms with Crippen LogP contribution in [0.5, 0.6) is 0 Å². The van der Waals surface area contributed by atoms with E-state index in [-0.39, 0.29) is 0 Å². The molecular weight excluding hydrogens is 128 g/mol. The Labute approximate surface area is 59.3 Å². The van der Waals surface area contributed by atoms with Crippen LogP contribution in [0, 0.1) is 5.92 Å². The van der Waals surface area contributed by atoms with Gasteiger partial charge in [-0.25, -0.2) is 0 Å². The number of hydrogen-bond donors (Lipinski definition) is 1. The molecule has 1 aliphatic rings. The van der Waals surface area contributed by atoms with E-state index in [0.717, 1.165) is 19.0 Å². The highest BCUT2D eigenvalue weighted by atomic mass is 15.3. The molecule has 0 amide bonds. The maximum atomic E-state index is 3.89. The molecule has 0 aromatic carbocycles. The first-order valence-corrected chi connectivity index (χ1v) is 3.48. The number of fused-ring (bicyclic) bond motifs is 1. The summed E-state index contributed by atoms with van der Waals surface area (Å²) in [6.45, 7) is 4.25. The van der Waals surface area contributed by atoms with Crippen molar-refractivity contribution in [2.75, 3.05) is 11.9 Å². The molecule has 1 aromatic rings. The van der Waals surface area contributed by atoms with Gasteiger partial charge >= 0.3 is 0 Å². The number of nitrogens with one attached hydrogen (secondary N) is 1. The van der Waals surface area contributed by atoms with Gasteiger partial charge in [0.2, 0.25) is 5.95 Å². The Bertz CT molecular complexity index is 229. The van der Waals surface area contributed by atoms with Crippen LogP contribution in [0.25, 0.3) is 0 Å². The Kier molecular flexibility index (Phi) is 1.12. The molecule has 4 heteroatoms. The molecule has 1 atom stereocenters. The van der Waals surface area contributed by atoms with E-state index in [9.17, 15) is 0 Å². The van der Waals surface area contributed by atoms with Crippen LogP contribution in [0.1, 0.15) is 6.92 Å². The average molecular weight is 138 g/mol. The highest BCUT2D eigenvalue weighted by molar-refractivity contribution is 5.25. The van der Waals surface area contributed by atoms with Gasteiger partial charge in [-0.2, -0.15) is 0 Å². The molecule has 1 N–H and O–H groups in total. The predicted octanol–water partition coefficient (Wildman–Crippen LogP) is 0.340. The molecule has 2 rings (SSSR count). The molecule has 4 nitrogen and oxygen atoms in total. The first-order chi connectivity index (χ1) is 4.86. The molecule has 0 fully saturated rings. The molecule has 0 saturated heterocycles. The Hall–Kier alpha value is -1.06. The van der Waals surface area contributed by atoms with Gasteiger partial charge in [-0.15, -0.1) is 10.2 Å². The summed E-state index contributed by atoms with van der Waals surface area (Å²) in [5.41, 5.74) is 0. The third-order valence-corrected chi connectivity index (χ3v) is 1.73. The second kappa shape index (κ2) is 1.97. The van der Waals surface area contributed by atoms with Crippen molar-refractivity contribution in [3.63, 3.8) is 0 Å². The van der Waals surface area contributed by atoms with Crippen molar-refractivity contribution in [1.82, 2.24) is 14.8 Å². The van der Waals surface area contributed by atoms with Crippen molar-refractivity contribution in [3.8, 4) is 0 Å². The van der Waals surface area contributed by atoms with Crippen LogP contribution in [0.3, 0.4) is 0 Å². The van der Waals surface area contributed by atoms with Crippen LogP contribution in [-0.2, 0) is 6.54 Å². The zero-order chi connectivity index (χ0) is 6.97. The maximum absolute atomic E-state index is 3.89. The fourth-order valence-corrected chi connectivity index (χ4v) is 1.19. The maximum Gasteiger partial charge on any atom is 0.224 e. The van der Waals surface area contributed by atoms with Gasteiger partial charge in [0.15, 0.2) is 0 Å². The number of aromatic nitrogens is 3. The lowest BCUT2D eigenvalue weighted by Crippen LogP contribution is -2.24. The second-order valence-corrected chi connectivity index (χ2v) is 2.79. The minimum atomic E-state index is 0.684. The van der Waals surface area contributed by atoms with Gasteiger partial charge in [0, 0.05) is 13.1 Å². The average Bonchev–Trinajstić information content (AvgIpc) is 2.33. The van der Waals surface area contributed by atoms with Gasteiger partial charge in [-0.1, -0.05) is 6.92 Å². The molecule has 1 unspecified atom stereocenters. The smallest absolute Gasteiger partial charge is 0.224 e. The minimum absolute atomic E-state index is 0.684. The molecular formula is C6H10N4. The molecule has 10 heavy (non-hydrogen) atoms. The highest BCUT2D eigenvalue weighted by Gasteiger charge is 2.13. The first-order valence-electron chi connectivity index (χ1n) is 3.48. The van der Waals surface area contributed by atoms with Crippen LogP contribution >= 0.6 is 0 Å². The summed E-state index contributed by atoms with van der Waals surface area (Å²) in [6, 6.07) is 0. The molecule has 0 radical (unpaired) electrons. The number of anilines is 1. The summed E-state index contributed by atoms with van der Waals surface area (Å²) >= 11 is 0. The Balaban J connectivity index is 2.30. The van der Waals surface area contributed by atoms with E-state index >= 15 is 0 Å². The van der Waals surface area contributed by atoms with Gasteiger partial charge in [0.1, 0.15) is 6.33 Å². The van der Waals surface area contributed by atoms with Crippen LogP contribution in [0.2, 0.25) is 0 Å². The summed E-state index contributed by atoms with van der Waals surface area (Å²) in [5.74, 6) is 1.58. The Morgan fingerprint density at radius 3 is 3.60 bits per heavy atom. The normalized spacial score (nSPS) is 23.5. The van der Waals surface area contributed by atoms with Crippen molar-refractivity contribution in [3.05, 3.63) is 6.33 Å².